The van der Waals surface area contributed by atoms with Crippen molar-refractivity contribution in [2.45, 2.75) is 25.2 Å². The molecular weight excluding hydrogens is 336 g/mol. The number of piperidine rings is 3. The second kappa shape index (κ2) is 5.90. The number of rotatable bonds is 3. The van der Waals surface area contributed by atoms with Crippen LogP contribution >= 0.6 is 11.3 Å². The molecule has 2 bridgehead atoms. The van der Waals surface area contributed by atoms with Crippen molar-refractivity contribution in [3.05, 3.63) is 53.5 Å². The molecular formula is C23H24N2S. The van der Waals surface area contributed by atoms with E-state index in [1.165, 1.54) is 54.7 Å². The smallest absolute Gasteiger partial charge is 0.0818 e. The van der Waals surface area contributed by atoms with Crippen molar-refractivity contribution < 1.29 is 0 Å². The van der Waals surface area contributed by atoms with Crippen LogP contribution in [0.25, 0.3) is 21.3 Å². The first-order chi connectivity index (χ1) is 12.8. The van der Waals surface area contributed by atoms with Gasteiger partial charge >= 0.3 is 0 Å². The molecule has 3 aromatic rings. The van der Waals surface area contributed by atoms with Crippen LogP contribution in [-0.2, 0) is 0 Å². The molecule has 132 valence electrons. The van der Waals surface area contributed by atoms with Gasteiger partial charge in [0.05, 0.1) is 15.7 Å². The number of hydrogen-bond donors (Lipinski definition) is 0. The molecule has 3 saturated heterocycles. The number of hydrogen-bond acceptors (Lipinski definition) is 3. The standard InChI is InChI=1S/C23H24N2S/c1-3-16(19-12-20(19)21-13-25-9-7-17(21)8-10-25)4-2-15(1)18-5-6-23-22(11-18)24-14-26-23/h1-6,11,14,17,19-21H,7-10,12-13H2. The number of fused-ring (bicyclic) bond motifs is 4. The molecule has 7 rings (SSSR count). The Hall–Kier alpha value is -1.71. The lowest BCUT2D eigenvalue weighted by Crippen LogP contribution is -2.48. The molecule has 0 N–H and O–H groups in total. The van der Waals surface area contributed by atoms with Crippen LogP contribution in [0.5, 0.6) is 0 Å². The zero-order valence-electron chi connectivity index (χ0n) is 15.0. The summed E-state index contributed by atoms with van der Waals surface area (Å²) in [5.74, 6) is 3.74. The molecule has 0 amide bonds. The fourth-order valence-electron chi connectivity index (χ4n) is 5.53. The Kier molecular flexibility index (Phi) is 3.48. The third kappa shape index (κ3) is 2.52. The van der Waals surface area contributed by atoms with Gasteiger partial charge < -0.3 is 4.90 Å². The van der Waals surface area contributed by atoms with E-state index in [9.17, 15) is 0 Å². The Balaban J connectivity index is 1.21. The van der Waals surface area contributed by atoms with Crippen LogP contribution in [0.4, 0.5) is 0 Å². The molecule has 1 saturated carbocycles. The van der Waals surface area contributed by atoms with E-state index in [1.807, 2.05) is 5.51 Å². The average molecular weight is 361 g/mol. The van der Waals surface area contributed by atoms with Gasteiger partial charge in [-0.2, -0.15) is 0 Å². The van der Waals surface area contributed by atoms with Gasteiger partial charge in [0.1, 0.15) is 0 Å². The van der Waals surface area contributed by atoms with Gasteiger partial charge in [-0.15, -0.1) is 11.3 Å². The molecule has 1 aromatic heterocycles. The minimum atomic E-state index is 0.815. The predicted octanol–water partition coefficient (Wildman–Crippen LogP) is 5.41. The first-order valence-electron chi connectivity index (χ1n) is 10.0. The summed E-state index contributed by atoms with van der Waals surface area (Å²) in [6.45, 7) is 4.09. The third-order valence-corrected chi connectivity index (χ3v) is 7.91. The van der Waals surface area contributed by atoms with Crippen molar-refractivity contribution in [2.75, 3.05) is 19.6 Å². The average Bonchev–Trinajstić information content (AvgIpc) is 3.38. The number of benzene rings is 2. The van der Waals surface area contributed by atoms with Gasteiger partial charge in [-0.25, -0.2) is 4.98 Å². The maximum absolute atomic E-state index is 4.46. The molecule has 1 aliphatic carbocycles. The highest BCUT2D eigenvalue weighted by Crippen LogP contribution is 2.56. The monoisotopic (exact) mass is 360 g/mol. The minimum absolute atomic E-state index is 0.815. The SMILES string of the molecule is c1nc2cc(-c3ccc(C4CC4C4CN5CCC4CC5)cc3)ccc2s1. The summed E-state index contributed by atoms with van der Waals surface area (Å²) in [6.07, 6.45) is 4.32. The molecule has 26 heavy (non-hydrogen) atoms. The lowest BCUT2D eigenvalue weighted by atomic mass is 9.76. The van der Waals surface area contributed by atoms with Crippen LogP contribution in [0.2, 0.25) is 0 Å². The Bertz CT molecular complexity index is 936. The van der Waals surface area contributed by atoms with E-state index in [-0.39, 0.29) is 0 Å². The van der Waals surface area contributed by atoms with Crippen molar-refractivity contribution in [1.82, 2.24) is 9.88 Å². The van der Waals surface area contributed by atoms with Gasteiger partial charge in [0.25, 0.3) is 0 Å². The van der Waals surface area contributed by atoms with E-state index in [2.05, 4.69) is 52.3 Å². The quantitative estimate of drug-likeness (QED) is 0.621. The Morgan fingerprint density at radius 3 is 2.50 bits per heavy atom. The highest BCUT2D eigenvalue weighted by atomic mass is 32.1. The second-order valence-corrected chi connectivity index (χ2v) is 9.35. The van der Waals surface area contributed by atoms with Crippen molar-refractivity contribution in [2.24, 2.45) is 17.8 Å². The highest BCUT2D eigenvalue weighted by Gasteiger charge is 2.49. The molecule has 0 radical (unpaired) electrons. The zero-order valence-corrected chi connectivity index (χ0v) is 15.8. The van der Waals surface area contributed by atoms with Gasteiger partial charge in [-0.3, -0.25) is 0 Å². The van der Waals surface area contributed by atoms with Gasteiger partial charge in [0.15, 0.2) is 0 Å². The summed E-state index contributed by atoms with van der Waals surface area (Å²) in [5.41, 5.74) is 7.19. The van der Waals surface area contributed by atoms with E-state index in [0.29, 0.717) is 0 Å². The van der Waals surface area contributed by atoms with Crippen molar-refractivity contribution in [3.8, 4) is 11.1 Å². The van der Waals surface area contributed by atoms with Crippen LogP contribution in [0, 0.1) is 17.8 Å². The lowest BCUT2D eigenvalue weighted by molar-refractivity contribution is 0.0388. The van der Waals surface area contributed by atoms with Gasteiger partial charge in [0.2, 0.25) is 0 Å². The first-order valence-corrected chi connectivity index (χ1v) is 10.9. The van der Waals surface area contributed by atoms with E-state index < -0.39 is 0 Å². The lowest BCUT2D eigenvalue weighted by Gasteiger charge is -2.45. The predicted molar refractivity (Wildman–Crippen MR) is 109 cm³/mol. The molecule has 0 spiro atoms. The van der Waals surface area contributed by atoms with E-state index in [0.717, 1.165) is 29.2 Å². The Labute approximate surface area is 158 Å². The topological polar surface area (TPSA) is 16.1 Å². The molecule has 3 unspecified atom stereocenters. The van der Waals surface area contributed by atoms with Gasteiger partial charge in [-0.05, 0) is 84.8 Å². The number of thiazole rings is 1. The van der Waals surface area contributed by atoms with Crippen LogP contribution < -0.4 is 0 Å². The number of aromatic nitrogens is 1. The molecule has 4 aliphatic rings. The summed E-state index contributed by atoms with van der Waals surface area (Å²) < 4.78 is 1.27. The maximum Gasteiger partial charge on any atom is 0.0818 e. The summed E-state index contributed by atoms with van der Waals surface area (Å²) in [4.78, 5) is 7.16. The van der Waals surface area contributed by atoms with Crippen molar-refractivity contribution in [3.63, 3.8) is 0 Å². The molecule has 2 aromatic carbocycles. The zero-order chi connectivity index (χ0) is 17.1. The fourth-order valence-corrected chi connectivity index (χ4v) is 6.19. The first kappa shape index (κ1) is 15.4. The summed E-state index contributed by atoms with van der Waals surface area (Å²) >= 11 is 1.71. The molecule has 2 nitrogen and oxygen atoms in total. The maximum atomic E-state index is 4.46. The van der Waals surface area contributed by atoms with E-state index >= 15 is 0 Å². The van der Waals surface area contributed by atoms with Gasteiger partial charge in [0, 0.05) is 6.54 Å². The Morgan fingerprint density at radius 2 is 1.73 bits per heavy atom. The van der Waals surface area contributed by atoms with Gasteiger partial charge in [-0.1, -0.05) is 30.3 Å². The largest absolute Gasteiger partial charge is 0.303 e. The summed E-state index contributed by atoms with van der Waals surface area (Å²) in [7, 11) is 0. The van der Waals surface area contributed by atoms with Crippen LogP contribution in [0.3, 0.4) is 0 Å². The fraction of sp³-hybridized carbons (Fsp3) is 0.435. The molecule has 4 fully saturated rings. The molecule has 3 aliphatic heterocycles. The van der Waals surface area contributed by atoms with E-state index in [4.69, 9.17) is 0 Å². The Morgan fingerprint density at radius 1 is 0.923 bits per heavy atom. The highest BCUT2D eigenvalue weighted by molar-refractivity contribution is 7.16. The van der Waals surface area contributed by atoms with Crippen LogP contribution in [-0.4, -0.2) is 29.5 Å². The molecule has 3 atom stereocenters. The van der Waals surface area contributed by atoms with Crippen molar-refractivity contribution >= 4 is 21.6 Å². The molecule has 3 heteroatoms. The van der Waals surface area contributed by atoms with Crippen LogP contribution in [0.15, 0.2) is 48.0 Å². The van der Waals surface area contributed by atoms with E-state index in [1.54, 1.807) is 16.9 Å². The minimum Gasteiger partial charge on any atom is -0.303 e. The summed E-state index contributed by atoms with van der Waals surface area (Å²) in [6, 6.07) is 16.0. The molecule has 4 heterocycles. The second-order valence-electron chi connectivity index (χ2n) is 8.46. The van der Waals surface area contributed by atoms with Crippen LogP contribution in [0.1, 0.15) is 30.7 Å². The third-order valence-electron chi connectivity index (χ3n) is 7.10. The normalized spacial score (nSPS) is 32.8. The summed E-state index contributed by atoms with van der Waals surface area (Å²) in [5, 5.41) is 0. The van der Waals surface area contributed by atoms with Crippen molar-refractivity contribution in [1.29, 1.82) is 0 Å². The number of nitrogens with zero attached hydrogens (tertiary/aromatic N) is 2.